The Labute approximate surface area is 145 Å². The molecule has 1 saturated heterocycles. The van der Waals surface area contributed by atoms with Crippen molar-refractivity contribution in [2.24, 2.45) is 5.73 Å². The van der Waals surface area contributed by atoms with E-state index in [9.17, 15) is 9.18 Å². The molecule has 0 saturated carbocycles. The number of likely N-dealkylation sites (tertiary alicyclic amines) is 1. The lowest BCUT2D eigenvalue weighted by Gasteiger charge is -2.32. The number of amides is 1. The maximum absolute atomic E-state index is 14.1. The molecule has 1 aliphatic rings. The number of nitrogens with zero attached hydrogens (tertiary/aromatic N) is 3. The van der Waals surface area contributed by atoms with Crippen LogP contribution >= 0.6 is 11.6 Å². The molecule has 1 aliphatic heterocycles. The fraction of sp³-hybridized carbons (Fsp3) is 0.412. The lowest BCUT2D eigenvalue weighted by atomic mass is 9.96. The zero-order chi connectivity index (χ0) is 17.1. The number of benzene rings is 1. The van der Waals surface area contributed by atoms with Gasteiger partial charge >= 0.3 is 0 Å². The Morgan fingerprint density at radius 3 is 3.08 bits per heavy atom. The van der Waals surface area contributed by atoms with Gasteiger partial charge in [-0.2, -0.15) is 0 Å². The molecular formula is C17H20ClFN4O. The molecule has 1 atom stereocenters. The summed E-state index contributed by atoms with van der Waals surface area (Å²) in [6.07, 6.45) is 5.45. The predicted molar refractivity (Wildman–Crippen MR) is 90.1 cm³/mol. The van der Waals surface area contributed by atoms with Crippen LogP contribution in [0.25, 0.3) is 0 Å². The van der Waals surface area contributed by atoms with E-state index in [1.54, 1.807) is 35.2 Å². The number of piperidine rings is 1. The van der Waals surface area contributed by atoms with Crippen LogP contribution in [0.3, 0.4) is 0 Å². The third-order valence-corrected chi connectivity index (χ3v) is 4.66. The topological polar surface area (TPSA) is 64.2 Å². The molecule has 2 aromatic rings. The Kier molecular flexibility index (Phi) is 5.16. The van der Waals surface area contributed by atoms with Crippen LogP contribution in [-0.4, -0.2) is 33.4 Å². The summed E-state index contributed by atoms with van der Waals surface area (Å²) in [6.45, 7) is 2.31. The second kappa shape index (κ2) is 7.32. The molecule has 1 fully saturated rings. The lowest BCUT2D eigenvalue weighted by molar-refractivity contribution is -0.118. The summed E-state index contributed by atoms with van der Waals surface area (Å²) in [5, 5.41) is 0.151. The highest BCUT2D eigenvalue weighted by Gasteiger charge is 2.25. The quantitative estimate of drug-likeness (QED) is 0.901. The van der Waals surface area contributed by atoms with Crippen LogP contribution in [-0.2, 0) is 17.9 Å². The van der Waals surface area contributed by atoms with Gasteiger partial charge in [0.25, 0.3) is 0 Å². The van der Waals surface area contributed by atoms with E-state index >= 15 is 0 Å². The molecule has 0 aliphatic carbocycles. The zero-order valence-corrected chi connectivity index (χ0v) is 14.0. The molecule has 5 nitrogen and oxygen atoms in total. The highest BCUT2D eigenvalue weighted by Crippen LogP contribution is 2.28. The molecule has 128 valence electrons. The molecule has 7 heteroatoms. The van der Waals surface area contributed by atoms with Gasteiger partial charge in [0, 0.05) is 37.0 Å². The zero-order valence-electron chi connectivity index (χ0n) is 13.3. The minimum atomic E-state index is -0.386. The highest BCUT2D eigenvalue weighted by molar-refractivity contribution is 6.30. The van der Waals surface area contributed by atoms with Crippen LogP contribution in [0.2, 0.25) is 5.02 Å². The molecule has 2 N–H and O–H groups in total. The molecule has 1 amide bonds. The predicted octanol–water partition coefficient (Wildman–Crippen LogP) is 2.54. The summed E-state index contributed by atoms with van der Waals surface area (Å²) in [7, 11) is 0. The van der Waals surface area contributed by atoms with E-state index in [-0.39, 0.29) is 29.2 Å². The molecular weight excluding hydrogens is 331 g/mol. The third-order valence-electron chi connectivity index (χ3n) is 4.37. The number of primary amides is 1. The van der Waals surface area contributed by atoms with E-state index in [1.165, 1.54) is 0 Å². The van der Waals surface area contributed by atoms with Crippen LogP contribution in [0.4, 0.5) is 4.39 Å². The maximum atomic E-state index is 14.1. The number of aromatic nitrogens is 2. The van der Waals surface area contributed by atoms with Crippen LogP contribution < -0.4 is 5.73 Å². The minimum absolute atomic E-state index is 0.134. The smallest absolute Gasteiger partial charge is 0.237 e. The van der Waals surface area contributed by atoms with Crippen molar-refractivity contribution in [3.8, 4) is 0 Å². The fourth-order valence-electron chi connectivity index (χ4n) is 3.30. The van der Waals surface area contributed by atoms with Crippen molar-refractivity contribution >= 4 is 17.5 Å². The number of nitrogens with two attached hydrogens (primary N) is 1. The number of hydrogen-bond acceptors (Lipinski definition) is 3. The van der Waals surface area contributed by atoms with Crippen molar-refractivity contribution in [1.82, 2.24) is 14.5 Å². The van der Waals surface area contributed by atoms with Crippen molar-refractivity contribution in [2.75, 3.05) is 13.1 Å². The standard InChI is InChI=1S/C17H20ClFN4O/c18-14-5-1-3-12(16(14)19)9-22-7-2-4-13(10-22)17-21-6-8-23(17)11-15(20)24/h1,3,5-6,8,13H,2,4,7,9-11H2,(H2,20,24)/t13-/m0/s1. The van der Waals surface area contributed by atoms with Gasteiger partial charge in [-0.05, 0) is 25.5 Å². The summed E-state index contributed by atoms with van der Waals surface area (Å²) in [5.41, 5.74) is 5.89. The summed E-state index contributed by atoms with van der Waals surface area (Å²) in [5.74, 6) is 0.333. The van der Waals surface area contributed by atoms with Gasteiger partial charge in [0.2, 0.25) is 5.91 Å². The van der Waals surface area contributed by atoms with Crippen molar-refractivity contribution in [3.63, 3.8) is 0 Å². The molecule has 2 heterocycles. The van der Waals surface area contributed by atoms with Gasteiger partial charge in [-0.15, -0.1) is 0 Å². The number of carbonyl (C=O) groups is 1. The first-order chi connectivity index (χ1) is 11.5. The number of carbonyl (C=O) groups excluding carboxylic acids is 1. The number of rotatable bonds is 5. The van der Waals surface area contributed by atoms with Gasteiger partial charge < -0.3 is 10.3 Å². The molecule has 1 aromatic carbocycles. The molecule has 0 radical (unpaired) electrons. The van der Waals surface area contributed by atoms with Crippen LogP contribution in [0.5, 0.6) is 0 Å². The van der Waals surface area contributed by atoms with Gasteiger partial charge in [-0.25, -0.2) is 9.37 Å². The van der Waals surface area contributed by atoms with Crippen molar-refractivity contribution in [1.29, 1.82) is 0 Å². The van der Waals surface area contributed by atoms with E-state index in [0.717, 1.165) is 31.8 Å². The van der Waals surface area contributed by atoms with E-state index in [4.69, 9.17) is 17.3 Å². The van der Waals surface area contributed by atoms with E-state index in [1.807, 2.05) is 0 Å². The Bertz CT molecular complexity index is 733. The van der Waals surface area contributed by atoms with Crippen molar-refractivity contribution in [3.05, 3.63) is 52.8 Å². The second-order valence-corrected chi connectivity index (χ2v) is 6.57. The summed E-state index contributed by atoms with van der Waals surface area (Å²) in [4.78, 5) is 17.8. The van der Waals surface area contributed by atoms with Crippen LogP contribution in [0.1, 0.15) is 30.1 Å². The van der Waals surface area contributed by atoms with Crippen LogP contribution in [0, 0.1) is 5.82 Å². The fourth-order valence-corrected chi connectivity index (χ4v) is 3.50. The number of halogens is 2. The van der Waals surface area contributed by atoms with Gasteiger partial charge in [0.1, 0.15) is 18.2 Å². The minimum Gasteiger partial charge on any atom is -0.368 e. The van der Waals surface area contributed by atoms with E-state index in [2.05, 4.69) is 9.88 Å². The Hall–Kier alpha value is -1.92. The first-order valence-electron chi connectivity index (χ1n) is 7.99. The first-order valence-corrected chi connectivity index (χ1v) is 8.37. The monoisotopic (exact) mass is 350 g/mol. The largest absolute Gasteiger partial charge is 0.368 e. The van der Waals surface area contributed by atoms with E-state index < -0.39 is 0 Å². The summed E-state index contributed by atoms with van der Waals surface area (Å²) >= 11 is 5.86. The second-order valence-electron chi connectivity index (χ2n) is 6.17. The molecule has 3 rings (SSSR count). The average Bonchev–Trinajstić information content (AvgIpc) is 2.99. The van der Waals surface area contributed by atoms with E-state index in [0.29, 0.717) is 12.1 Å². The number of imidazole rings is 1. The van der Waals surface area contributed by atoms with Gasteiger partial charge in [0.15, 0.2) is 0 Å². The molecule has 0 unspecified atom stereocenters. The molecule has 0 bridgehead atoms. The molecule has 24 heavy (non-hydrogen) atoms. The normalized spacial score (nSPS) is 18.7. The molecule has 1 aromatic heterocycles. The Morgan fingerprint density at radius 2 is 2.29 bits per heavy atom. The molecule has 0 spiro atoms. The lowest BCUT2D eigenvalue weighted by Crippen LogP contribution is -2.35. The van der Waals surface area contributed by atoms with Crippen LogP contribution in [0.15, 0.2) is 30.6 Å². The summed E-state index contributed by atoms with van der Waals surface area (Å²) < 4.78 is 15.9. The van der Waals surface area contributed by atoms with Crippen molar-refractivity contribution in [2.45, 2.75) is 31.8 Å². The third kappa shape index (κ3) is 3.76. The Balaban J connectivity index is 1.72. The van der Waals surface area contributed by atoms with Gasteiger partial charge in [-0.3, -0.25) is 9.69 Å². The van der Waals surface area contributed by atoms with Gasteiger partial charge in [-0.1, -0.05) is 23.7 Å². The summed E-state index contributed by atoms with van der Waals surface area (Å²) in [6, 6.07) is 5.08. The van der Waals surface area contributed by atoms with Gasteiger partial charge in [0.05, 0.1) is 5.02 Å². The highest BCUT2D eigenvalue weighted by atomic mass is 35.5. The Morgan fingerprint density at radius 1 is 1.46 bits per heavy atom. The average molecular weight is 351 g/mol. The SMILES string of the molecule is NC(=O)Cn1ccnc1[C@H]1CCCN(Cc2cccc(Cl)c2F)C1. The first kappa shape index (κ1) is 16.9. The number of hydrogen-bond donors (Lipinski definition) is 1. The van der Waals surface area contributed by atoms with Crippen molar-refractivity contribution < 1.29 is 9.18 Å². The maximum Gasteiger partial charge on any atom is 0.237 e.